The van der Waals surface area contributed by atoms with Crippen LogP contribution in [0.1, 0.15) is 5.56 Å². The molecular formula is C14H10BrFN2O2. The van der Waals surface area contributed by atoms with Gasteiger partial charge in [-0.1, -0.05) is 12.1 Å². The number of carbonyl (C=O) groups is 1. The molecular weight excluding hydrogens is 327 g/mol. The molecule has 0 saturated carbocycles. The van der Waals surface area contributed by atoms with Crippen molar-refractivity contribution in [1.29, 1.82) is 0 Å². The largest absolute Gasteiger partial charge is 0.480 e. The van der Waals surface area contributed by atoms with Gasteiger partial charge in [-0.15, -0.1) is 0 Å². The predicted molar refractivity (Wildman–Crippen MR) is 75.0 cm³/mol. The smallest absolute Gasteiger partial charge is 0.266 e. The molecule has 0 aliphatic carbocycles. The molecule has 0 bridgehead atoms. The van der Waals surface area contributed by atoms with E-state index in [1.807, 2.05) is 0 Å². The lowest BCUT2D eigenvalue weighted by Gasteiger charge is -2.28. The molecule has 0 radical (unpaired) electrons. The van der Waals surface area contributed by atoms with E-state index in [9.17, 15) is 9.18 Å². The fourth-order valence-corrected chi connectivity index (χ4v) is 2.35. The Morgan fingerprint density at radius 2 is 2.25 bits per heavy atom. The molecule has 102 valence electrons. The first-order valence-electron chi connectivity index (χ1n) is 5.96. The third-order valence-corrected chi connectivity index (χ3v) is 3.37. The van der Waals surface area contributed by atoms with Crippen LogP contribution in [0.3, 0.4) is 0 Å². The maximum Gasteiger partial charge on any atom is 0.266 e. The number of ether oxygens (including phenoxy) is 1. The molecule has 0 fully saturated rings. The summed E-state index contributed by atoms with van der Waals surface area (Å²) in [6.45, 7) is 0.224. The zero-order valence-corrected chi connectivity index (χ0v) is 11.9. The Balaban J connectivity index is 1.95. The molecule has 1 aliphatic heterocycles. The van der Waals surface area contributed by atoms with E-state index in [1.54, 1.807) is 24.4 Å². The molecule has 4 nitrogen and oxygen atoms in total. The molecule has 0 spiro atoms. The van der Waals surface area contributed by atoms with Gasteiger partial charge in [0.25, 0.3) is 5.91 Å². The van der Waals surface area contributed by atoms with Crippen molar-refractivity contribution in [3.63, 3.8) is 0 Å². The first-order chi connectivity index (χ1) is 9.63. The van der Waals surface area contributed by atoms with Crippen LogP contribution in [-0.4, -0.2) is 17.5 Å². The summed E-state index contributed by atoms with van der Waals surface area (Å²) >= 11 is 3.31. The van der Waals surface area contributed by atoms with Crippen LogP contribution in [0.2, 0.25) is 0 Å². The first kappa shape index (κ1) is 13.1. The SMILES string of the molecule is O=C1COc2cc(Br)cnc2N1Cc1cccc(F)c1. The summed E-state index contributed by atoms with van der Waals surface area (Å²) in [5.41, 5.74) is 0.705. The van der Waals surface area contributed by atoms with Gasteiger partial charge < -0.3 is 4.74 Å². The summed E-state index contributed by atoms with van der Waals surface area (Å²) in [5.74, 6) is 0.466. The Morgan fingerprint density at radius 1 is 1.40 bits per heavy atom. The summed E-state index contributed by atoms with van der Waals surface area (Å²) in [6, 6.07) is 7.92. The Kier molecular flexibility index (Phi) is 3.40. The van der Waals surface area contributed by atoms with E-state index in [0.717, 1.165) is 4.47 Å². The minimum Gasteiger partial charge on any atom is -0.480 e. The second-order valence-electron chi connectivity index (χ2n) is 4.37. The van der Waals surface area contributed by atoms with Crippen LogP contribution >= 0.6 is 15.9 Å². The molecule has 20 heavy (non-hydrogen) atoms. The maximum atomic E-state index is 13.2. The molecule has 3 rings (SSSR count). The van der Waals surface area contributed by atoms with Gasteiger partial charge in [0, 0.05) is 10.7 Å². The van der Waals surface area contributed by atoms with Gasteiger partial charge in [0.1, 0.15) is 5.82 Å². The molecule has 1 aromatic carbocycles. The Labute approximate surface area is 123 Å². The summed E-state index contributed by atoms with van der Waals surface area (Å²) in [6.07, 6.45) is 1.60. The zero-order valence-electron chi connectivity index (χ0n) is 10.3. The summed E-state index contributed by atoms with van der Waals surface area (Å²) in [4.78, 5) is 17.7. The molecule has 0 unspecified atom stereocenters. The topological polar surface area (TPSA) is 42.4 Å². The molecule has 1 aliphatic rings. The highest BCUT2D eigenvalue weighted by molar-refractivity contribution is 9.10. The number of amides is 1. The number of benzene rings is 1. The van der Waals surface area contributed by atoms with E-state index in [-0.39, 0.29) is 24.9 Å². The highest BCUT2D eigenvalue weighted by Gasteiger charge is 2.27. The number of fused-ring (bicyclic) bond motifs is 1. The second-order valence-corrected chi connectivity index (χ2v) is 5.29. The molecule has 2 aromatic rings. The van der Waals surface area contributed by atoms with E-state index < -0.39 is 0 Å². The normalized spacial score (nSPS) is 13.9. The third-order valence-electron chi connectivity index (χ3n) is 2.94. The van der Waals surface area contributed by atoms with Gasteiger partial charge in [-0.2, -0.15) is 0 Å². The lowest BCUT2D eigenvalue weighted by molar-refractivity contribution is -0.121. The van der Waals surface area contributed by atoms with Crippen LogP contribution < -0.4 is 9.64 Å². The predicted octanol–water partition coefficient (Wildman–Crippen LogP) is 2.91. The number of nitrogens with zero attached hydrogens (tertiary/aromatic N) is 2. The average Bonchev–Trinajstić information content (AvgIpc) is 2.42. The Morgan fingerprint density at radius 3 is 3.05 bits per heavy atom. The fourth-order valence-electron chi connectivity index (χ4n) is 2.04. The number of pyridine rings is 1. The van der Waals surface area contributed by atoms with Crippen molar-refractivity contribution in [3.8, 4) is 5.75 Å². The van der Waals surface area contributed by atoms with Crippen LogP contribution in [0, 0.1) is 5.82 Å². The number of hydrogen-bond donors (Lipinski definition) is 0. The number of anilines is 1. The standard InChI is InChI=1S/C14H10BrFN2O2/c15-10-5-12-14(17-6-10)18(13(19)8-20-12)7-9-2-1-3-11(16)4-9/h1-6H,7-8H2. The van der Waals surface area contributed by atoms with Crippen molar-refractivity contribution in [2.24, 2.45) is 0 Å². The first-order valence-corrected chi connectivity index (χ1v) is 6.76. The van der Waals surface area contributed by atoms with Crippen LogP contribution in [-0.2, 0) is 11.3 Å². The van der Waals surface area contributed by atoms with Crippen molar-refractivity contribution < 1.29 is 13.9 Å². The average molecular weight is 337 g/mol. The van der Waals surface area contributed by atoms with Crippen molar-refractivity contribution in [1.82, 2.24) is 4.98 Å². The highest BCUT2D eigenvalue weighted by Crippen LogP contribution is 2.32. The van der Waals surface area contributed by atoms with E-state index in [0.29, 0.717) is 17.1 Å². The van der Waals surface area contributed by atoms with Crippen LogP contribution in [0.4, 0.5) is 10.2 Å². The number of halogens is 2. The van der Waals surface area contributed by atoms with Crippen molar-refractivity contribution in [2.45, 2.75) is 6.54 Å². The minimum atomic E-state index is -0.327. The Hall–Kier alpha value is -1.95. The number of aromatic nitrogens is 1. The number of rotatable bonds is 2. The van der Waals surface area contributed by atoms with Crippen molar-refractivity contribution >= 4 is 27.7 Å². The van der Waals surface area contributed by atoms with Gasteiger partial charge in [0.2, 0.25) is 0 Å². The van der Waals surface area contributed by atoms with Gasteiger partial charge >= 0.3 is 0 Å². The van der Waals surface area contributed by atoms with Gasteiger partial charge in [0.15, 0.2) is 18.2 Å². The maximum absolute atomic E-state index is 13.2. The Bertz CT molecular complexity index is 678. The quantitative estimate of drug-likeness (QED) is 0.846. The molecule has 2 heterocycles. The fraction of sp³-hybridized carbons (Fsp3) is 0.143. The molecule has 0 N–H and O–H groups in total. The molecule has 1 amide bonds. The van der Waals surface area contributed by atoms with E-state index in [1.165, 1.54) is 17.0 Å². The van der Waals surface area contributed by atoms with Crippen LogP contribution in [0.5, 0.6) is 5.75 Å². The monoisotopic (exact) mass is 336 g/mol. The van der Waals surface area contributed by atoms with Gasteiger partial charge in [-0.05, 0) is 39.7 Å². The highest BCUT2D eigenvalue weighted by atomic mass is 79.9. The summed E-state index contributed by atoms with van der Waals surface area (Å²) in [7, 11) is 0. The molecule has 0 saturated heterocycles. The lowest BCUT2D eigenvalue weighted by atomic mass is 10.2. The lowest BCUT2D eigenvalue weighted by Crippen LogP contribution is -2.38. The second kappa shape index (κ2) is 5.20. The number of hydrogen-bond acceptors (Lipinski definition) is 3. The molecule has 1 aromatic heterocycles. The van der Waals surface area contributed by atoms with E-state index in [4.69, 9.17) is 4.74 Å². The van der Waals surface area contributed by atoms with E-state index in [2.05, 4.69) is 20.9 Å². The summed E-state index contributed by atoms with van der Waals surface area (Å²) in [5, 5.41) is 0. The van der Waals surface area contributed by atoms with Gasteiger partial charge in [-0.3, -0.25) is 9.69 Å². The number of carbonyl (C=O) groups excluding carboxylic acids is 1. The van der Waals surface area contributed by atoms with E-state index >= 15 is 0 Å². The van der Waals surface area contributed by atoms with Gasteiger partial charge in [0.05, 0.1) is 6.54 Å². The summed E-state index contributed by atoms with van der Waals surface area (Å²) < 4.78 is 19.3. The van der Waals surface area contributed by atoms with Crippen molar-refractivity contribution in [3.05, 3.63) is 52.4 Å². The van der Waals surface area contributed by atoms with Gasteiger partial charge in [-0.25, -0.2) is 9.37 Å². The molecule has 6 heteroatoms. The van der Waals surface area contributed by atoms with Crippen molar-refractivity contribution in [2.75, 3.05) is 11.5 Å². The molecule has 0 atom stereocenters. The third kappa shape index (κ3) is 2.51. The van der Waals surface area contributed by atoms with Crippen LogP contribution in [0.25, 0.3) is 0 Å². The minimum absolute atomic E-state index is 0.0412. The zero-order chi connectivity index (χ0) is 14.1. The van der Waals surface area contributed by atoms with Crippen LogP contribution in [0.15, 0.2) is 41.0 Å².